The van der Waals surface area contributed by atoms with Gasteiger partial charge in [0.1, 0.15) is 0 Å². The summed E-state index contributed by atoms with van der Waals surface area (Å²) < 4.78 is 0. The van der Waals surface area contributed by atoms with E-state index in [1.165, 1.54) is 5.57 Å². The fourth-order valence-corrected chi connectivity index (χ4v) is 1.35. The van der Waals surface area contributed by atoms with Gasteiger partial charge in [0.15, 0.2) is 0 Å². The summed E-state index contributed by atoms with van der Waals surface area (Å²) in [6, 6.07) is 0. The summed E-state index contributed by atoms with van der Waals surface area (Å²) >= 11 is 0. The summed E-state index contributed by atoms with van der Waals surface area (Å²) in [5.74, 6) is 2.57. The largest absolute Gasteiger partial charge is 0.338 e. The zero-order valence-corrected chi connectivity index (χ0v) is 8.55. The molecular formula is C11H16N2O. The van der Waals surface area contributed by atoms with Crippen molar-refractivity contribution in [3.63, 3.8) is 0 Å². The highest BCUT2D eigenvalue weighted by atomic mass is 16.2. The number of carbonyl (C=O) groups is 1. The second kappa shape index (κ2) is 5.46. The fraction of sp³-hybridized carbons (Fsp3) is 0.545. The van der Waals surface area contributed by atoms with Crippen LogP contribution >= 0.6 is 0 Å². The lowest BCUT2D eigenvalue weighted by Gasteiger charge is -2.25. The monoisotopic (exact) mass is 192 g/mol. The number of nitrogens with zero attached hydrogens (tertiary/aromatic N) is 1. The minimum absolute atomic E-state index is 0.129. The maximum atomic E-state index is 11.5. The second-order valence-electron chi connectivity index (χ2n) is 3.45. The maximum absolute atomic E-state index is 11.5. The third kappa shape index (κ3) is 3.23. The summed E-state index contributed by atoms with van der Waals surface area (Å²) in [6.45, 7) is 4.46. The molecule has 0 aromatic carbocycles. The molecule has 0 aliphatic carbocycles. The molecule has 0 radical (unpaired) electrons. The normalized spacial score (nSPS) is 16.0. The van der Waals surface area contributed by atoms with E-state index in [9.17, 15) is 4.79 Å². The van der Waals surface area contributed by atoms with Gasteiger partial charge in [-0.1, -0.05) is 17.6 Å². The first-order chi connectivity index (χ1) is 6.74. The fourth-order valence-electron chi connectivity index (χ4n) is 1.35. The molecule has 1 heterocycles. The maximum Gasteiger partial charge on any atom is 0.236 e. The van der Waals surface area contributed by atoms with E-state index >= 15 is 0 Å². The number of carbonyl (C=O) groups excluding carboxylic acids is 1. The van der Waals surface area contributed by atoms with E-state index in [0.29, 0.717) is 13.1 Å². The Morgan fingerprint density at radius 2 is 2.57 bits per heavy atom. The Hall–Kier alpha value is -1.27. The molecule has 0 fully saturated rings. The molecular weight excluding hydrogens is 176 g/mol. The smallest absolute Gasteiger partial charge is 0.236 e. The van der Waals surface area contributed by atoms with Gasteiger partial charge < -0.3 is 4.90 Å². The molecule has 1 aliphatic heterocycles. The first-order valence-electron chi connectivity index (χ1n) is 4.81. The zero-order chi connectivity index (χ0) is 10.4. The van der Waals surface area contributed by atoms with Crippen LogP contribution in [0.25, 0.3) is 0 Å². The minimum Gasteiger partial charge on any atom is -0.338 e. The number of hydrogen-bond donors (Lipinski definition) is 1. The van der Waals surface area contributed by atoms with Crippen LogP contribution in [0.5, 0.6) is 0 Å². The van der Waals surface area contributed by atoms with E-state index in [1.807, 2.05) is 4.90 Å². The molecule has 0 unspecified atom stereocenters. The highest BCUT2D eigenvalue weighted by molar-refractivity contribution is 5.78. The predicted octanol–water partition coefficient (Wildman–Crippen LogP) is 0.388. The Bertz CT molecular complexity index is 276. The molecule has 1 rings (SSSR count). The first kappa shape index (κ1) is 10.8. The molecule has 0 spiro atoms. The van der Waals surface area contributed by atoms with E-state index in [0.717, 1.165) is 19.5 Å². The zero-order valence-electron chi connectivity index (χ0n) is 8.55. The summed E-state index contributed by atoms with van der Waals surface area (Å²) in [4.78, 5) is 13.4. The van der Waals surface area contributed by atoms with Crippen LogP contribution in [0.4, 0.5) is 0 Å². The van der Waals surface area contributed by atoms with Crippen LogP contribution in [0.15, 0.2) is 11.6 Å². The van der Waals surface area contributed by atoms with E-state index in [1.54, 1.807) is 0 Å². The standard InChI is InChI=1S/C11H16N2O/c1-3-6-12-9-11(14)13-7-4-10(2)5-8-13/h1,4,12H,5-9H2,2H3. The van der Waals surface area contributed by atoms with Crippen LogP contribution in [0.2, 0.25) is 0 Å². The molecule has 0 aromatic heterocycles. The van der Waals surface area contributed by atoms with Gasteiger partial charge in [0.05, 0.1) is 13.1 Å². The predicted molar refractivity (Wildman–Crippen MR) is 56.7 cm³/mol. The van der Waals surface area contributed by atoms with Crippen molar-refractivity contribution in [2.24, 2.45) is 0 Å². The van der Waals surface area contributed by atoms with Gasteiger partial charge in [0, 0.05) is 13.1 Å². The summed E-state index contributed by atoms with van der Waals surface area (Å²) in [6.07, 6.45) is 8.15. The van der Waals surface area contributed by atoms with Crippen molar-refractivity contribution in [2.45, 2.75) is 13.3 Å². The molecule has 3 nitrogen and oxygen atoms in total. The Morgan fingerprint density at radius 3 is 3.14 bits per heavy atom. The Morgan fingerprint density at radius 1 is 1.79 bits per heavy atom. The lowest BCUT2D eigenvalue weighted by Crippen LogP contribution is -2.40. The van der Waals surface area contributed by atoms with Gasteiger partial charge in [-0.05, 0) is 13.3 Å². The van der Waals surface area contributed by atoms with Crippen molar-refractivity contribution in [1.82, 2.24) is 10.2 Å². The van der Waals surface area contributed by atoms with Crippen LogP contribution in [-0.4, -0.2) is 37.0 Å². The van der Waals surface area contributed by atoms with Crippen LogP contribution in [0, 0.1) is 12.3 Å². The van der Waals surface area contributed by atoms with Gasteiger partial charge in [-0.3, -0.25) is 10.1 Å². The quantitative estimate of drug-likeness (QED) is 0.398. The van der Waals surface area contributed by atoms with Crippen molar-refractivity contribution in [3.8, 4) is 12.3 Å². The Labute approximate surface area is 85.2 Å². The van der Waals surface area contributed by atoms with Gasteiger partial charge in [-0.15, -0.1) is 6.42 Å². The van der Waals surface area contributed by atoms with Crippen LogP contribution in [0.1, 0.15) is 13.3 Å². The molecule has 1 amide bonds. The second-order valence-corrected chi connectivity index (χ2v) is 3.45. The molecule has 0 saturated carbocycles. The van der Waals surface area contributed by atoms with E-state index in [4.69, 9.17) is 6.42 Å². The molecule has 14 heavy (non-hydrogen) atoms. The van der Waals surface area contributed by atoms with Crippen molar-refractivity contribution in [3.05, 3.63) is 11.6 Å². The van der Waals surface area contributed by atoms with E-state index < -0.39 is 0 Å². The lowest BCUT2D eigenvalue weighted by molar-refractivity contribution is -0.129. The average Bonchev–Trinajstić information content (AvgIpc) is 2.19. The van der Waals surface area contributed by atoms with Gasteiger partial charge in [0.25, 0.3) is 0 Å². The highest BCUT2D eigenvalue weighted by Crippen LogP contribution is 2.08. The van der Waals surface area contributed by atoms with Crippen molar-refractivity contribution in [2.75, 3.05) is 26.2 Å². The van der Waals surface area contributed by atoms with Crippen LogP contribution in [-0.2, 0) is 4.79 Å². The van der Waals surface area contributed by atoms with Crippen LogP contribution < -0.4 is 5.32 Å². The minimum atomic E-state index is 0.129. The lowest BCUT2D eigenvalue weighted by atomic mass is 10.1. The molecule has 1 aliphatic rings. The highest BCUT2D eigenvalue weighted by Gasteiger charge is 2.14. The first-order valence-corrected chi connectivity index (χ1v) is 4.81. The number of nitrogens with one attached hydrogen (secondary N) is 1. The molecule has 76 valence electrons. The molecule has 1 N–H and O–H groups in total. The van der Waals surface area contributed by atoms with Gasteiger partial charge in [0.2, 0.25) is 5.91 Å². The summed E-state index contributed by atoms with van der Waals surface area (Å²) in [5, 5.41) is 2.90. The number of terminal acetylenes is 1. The van der Waals surface area contributed by atoms with Crippen molar-refractivity contribution >= 4 is 5.91 Å². The number of rotatable bonds is 3. The third-order valence-electron chi connectivity index (χ3n) is 2.29. The van der Waals surface area contributed by atoms with E-state index in [-0.39, 0.29) is 5.91 Å². The third-order valence-corrected chi connectivity index (χ3v) is 2.29. The van der Waals surface area contributed by atoms with Crippen LogP contribution in [0.3, 0.4) is 0 Å². The van der Waals surface area contributed by atoms with Gasteiger partial charge >= 0.3 is 0 Å². The SMILES string of the molecule is C#CCNCC(=O)N1CC=C(C)CC1. The molecule has 0 bridgehead atoms. The average molecular weight is 192 g/mol. The topological polar surface area (TPSA) is 32.3 Å². The van der Waals surface area contributed by atoms with Crippen molar-refractivity contribution < 1.29 is 4.79 Å². The summed E-state index contributed by atoms with van der Waals surface area (Å²) in [7, 11) is 0. The number of amides is 1. The van der Waals surface area contributed by atoms with Crippen molar-refractivity contribution in [1.29, 1.82) is 0 Å². The molecule has 0 atom stereocenters. The van der Waals surface area contributed by atoms with E-state index in [2.05, 4.69) is 24.2 Å². The van der Waals surface area contributed by atoms with Gasteiger partial charge in [-0.25, -0.2) is 0 Å². The molecule has 0 aromatic rings. The Kier molecular flexibility index (Phi) is 4.21. The summed E-state index contributed by atoms with van der Waals surface area (Å²) in [5.41, 5.74) is 1.37. The van der Waals surface area contributed by atoms with Gasteiger partial charge in [-0.2, -0.15) is 0 Å². The Balaban J connectivity index is 2.29. The molecule has 0 saturated heterocycles. The number of hydrogen-bond acceptors (Lipinski definition) is 2. The molecule has 3 heteroatoms.